The van der Waals surface area contributed by atoms with Crippen LogP contribution in [0.5, 0.6) is 5.75 Å². The van der Waals surface area contributed by atoms with E-state index in [-0.39, 0.29) is 0 Å². The van der Waals surface area contributed by atoms with Crippen molar-refractivity contribution in [1.29, 1.82) is 5.41 Å². The lowest BCUT2D eigenvalue weighted by Gasteiger charge is -2.17. The Morgan fingerprint density at radius 1 is 0.917 bits per heavy atom. The van der Waals surface area contributed by atoms with Crippen LogP contribution < -0.4 is 16.2 Å². The standard InChI is InChI=1S/C20H25N3O/c21-15-9-12-19(22)18(13-15)20(23)14-7-10-17(11-8-14)24-16-5-3-1-2-4-6-16/h7-13,16,23H,1-6,21-22H2. The molecule has 1 aliphatic carbocycles. The van der Waals surface area contributed by atoms with Gasteiger partial charge in [-0.1, -0.05) is 12.8 Å². The summed E-state index contributed by atoms with van der Waals surface area (Å²) < 4.78 is 6.10. The zero-order valence-corrected chi connectivity index (χ0v) is 13.9. The van der Waals surface area contributed by atoms with Crippen LogP contribution in [-0.4, -0.2) is 11.8 Å². The van der Waals surface area contributed by atoms with Gasteiger partial charge in [0.2, 0.25) is 0 Å². The van der Waals surface area contributed by atoms with E-state index < -0.39 is 0 Å². The molecule has 0 atom stereocenters. The van der Waals surface area contributed by atoms with Gasteiger partial charge in [-0.3, -0.25) is 5.41 Å². The number of nitrogens with two attached hydrogens (primary N) is 2. The van der Waals surface area contributed by atoms with Crippen molar-refractivity contribution in [2.45, 2.75) is 44.6 Å². The number of nitrogen functional groups attached to an aromatic ring is 2. The average molecular weight is 323 g/mol. The van der Waals surface area contributed by atoms with Crippen molar-refractivity contribution in [3.63, 3.8) is 0 Å². The fraction of sp³-hybridized carbons (Fsp3) is 0.350. The van der Waals surface area contributed by atoms with E-state index in [1.807, 2.05) is 24.3 Å². The van der Waals surface area contributed by atoms with Crippen LogP contribution >= 0.6 is 0 Å². The number of rotatable bonds is 4. The van der Waals surface area contributed by atoms with Crippen LogP contribution in [0.1, 0.15) is 49.7 Å². The molecule has 0 bridgehead atoms. The van der Waals surface area contributed by atoms with Gasteiger partial charge in [0.05, 0.1) is 11.8 Å². The molecular weight excluding hydrogens is 298 g/mol. The zero-order valence-electron chi connectivity index (χ0n) is 13.9. The van der Waals surface area contributed by atoms with E-state index in [9.17, 15) is 0 Å². The molecule has 0 aliphatic heterocycles. The van der Waals surface area contributed by atoms with Crippen LogP contribution in [0.25, 0.3) is 0 Å². The number of hydrogen-bond donors (Lipinski definition) is 3. The van der Waals surface area contributed by atoms with Crippen molar-refractivity contribution in [3.05, 3.63) is 53.6 Å². The molecule has 5 N–H and O–H groups in total. The van der Waals surface area contributed by atoms with Crippen LogP contribution in [0.2, 0.25) is 0 Å². The molecule has 2 aromatic rings. The first-order valence-electron chi connectivity index (χ1n) is 8.64. The maximum Gasteiger partial charge on any atom is 0.119 e. The molecule has 0 spiro atoms. The Hall–Kier alpha value is -2.49. The molecule has 126 valence electrons. The fourth-order valence-electron chi connectivity index (χ4n) is 3.20. The monoisotopic (exact) mass is 323 g/mol. The first-order chi connectivity index (χ1) is 11.6. The summed E-state index contributed by atoms with van der Waals surface area (Å²) in [5.74, 6) is 0.874. The zero-order chi connectivity index (χ0) is 16.9. The lowest BCUT2D eigenvalue weighted by Crippen LogP contribution is -2.15. The van der Waals surface area contributed by atoms with Gasteiger partial charge in [-0.15, -0.1) is 0 Å². The van der Waals surface area contributed by atoms with Crippen molar-refractivity contribution in [2.75, 3.05) is 11.5 Å². The maximum atomic E-state index is 8.38. The van der Waals surface area contributed by atoms with Crippen molar-refractivity contribution >= 4 is 17.1 Å². The number of ether oxygens (including phenoxy) is 1. The van der Waals surface area contributed by atoms with E-state index in [2.05, 4.69) is 0 Å². The molecule has 0 aromatic heterocycles. The Kier molecular flexibility index (Phi) is 5.04. The number of benzene rings is 2. The van der Waals surface area contributed by atoms with E-state index in [1.165, 1.54) is 25.7 Å². The summed E-state index contributed by atoms with van der Waals surface area (Å²) >= 11 is 0. The minimum absolute atomic E-state index is 0.322. The summed E-state index contributed by atoms with van der Waals surface area (Å²) in [7, 11) is 0. The first-order valence-corrected chi connectivity index (χ1v) is 8.64. The molecule has 1 fully saturated rings. The summed E-state index contributed by atoms with van der Waals surface area (Å²) in [6.07, 6.45) is 7.73. The molecule has 1 saturated carbocycles. The Bertz CT molecular complexity index is 701. The minimum Gasteiger partial charge on any atom is -0.490 e. The van der Waals surface area contributed by atoms with Gasteiger partial charge in [0.25, 0.3) is 0 Å². The van der Waals surface area contributed by atoms with Gasteiger partial charge in [-0.05, 0) is 68.1 Å². The Morgan fingerprint density at radius 3 is 2.25 bits per heavy atom. The molecule has 2 aromatic carbocycles. The van der Waals surface area contributed by atoms with Gasteiger partial charge in [-0.2, -0.15) is 0 Å². The highest BCUT2D eigenvalue weighted by atomic mass is 16.5. The molecule has 0 amide bonds. The van der Waals surface area contributed by atoms with Crippen LogP contribution in [-0.2, 0) is 0 Å². The van der Waals surface area contributed by atoms with Gasteiger partial charge in [0.1, 0.15) is 5.75 Å². The van der Waals surface area contributed by atoms with Gasteiger partial charge in [0.15, 0.2) is 0 Å². The predicted molar refractivity (Wildman–Crippen MR) is 99.8 cm³/mol. The smallest absolute Gasteiger partial charge is 0.119 e. The Labute approximate surface area is 143 Å². The summed E-state index contributed by atoms with van der Waals surface area (Å²) in [4.78, 5) is 0. The van der Waals surface area contributed by atoms with Crippen LogP contribution in [0.4, 0.5) is 11.4 Å². The van der Waals surface area contributed by atoms with E-state index >= 15 is 0 Å². The van der Waals surface area contributed by atoms with Crippen molar-refractivity contribution in [2.24, 2.45) is 0 Å². The van der Waals surface area contributed by atoms with E-state index in [0.29, 0.717) is 28.8 Å². The number of nitrogens with one attached hydrogen (secondary N) is 1. The molecule has 0 radical (unpaired) electrons. The molecule has 4 heteroatoms. The maximum absolute atomic E-state index is 8.38. The number of anilines is 2. The molecule has 3 rings (SSSR count). The highest BCUT2D eigenvalue weighted by Gasteiger charge is 2.14. The lowest BCUT2D eigenvalue weighted by atomic mass is 10.0. The second kappa shape index (κ2) is 7.39. The van der Waals surface area contributed by atoms with Gasteiger partial charge < -0.3 is 16.2 Å². The first kappa shape index (κ1) is 16.4. The van der Waals surface area contributed by atoms with E-state index in [1.54, 1.807) is 18.2 Å². The summed E-state index contributed by atoms with van der Waals surface area (Å²) in [6.45, 7) is 0. The third-order valence-electron chi connectivity index (χ3n) is 4.59. The molecule has 4 nitrogen and oxygen atoms in total. The molecule has 0 heterocycles. The topological polar surface area (TPSA) is 85.1 Å². The number of hydrogen-bond acceptors (Lipinski definition) is 4. The predicted octanol–water partition coefficient (Wildman–Crippen LogP) is 4.37. The van der Waals surface area contributed by atoms with E-state index in [4.69, 9.17) is 21.6 Å². The van der Waals surface area contributed by atoms with Crippen LogP contribution in [0, 0.1) is 5.41 Å². The minimum atomic E-state index is 0.322. The highest BCUT2D eigenvalue weighted by Crippen LogP contribution is 2.24. The second-order valence-electron chi connectivity index (χ2n) is 6.48. The summed E-state index contributed by atoms with van der Waals surface area (Å²) in [5, 5.41) is 8.38. The van der Waals surface area contributed by atoms with E-state index in [0.717, 1.165) is 24.2 Å². The Balaban J connectivity index is 1.71. The molecule has 24 heavy (non-hydrogen) atoms. The van der Waals surface area contributed by atoms with Crippen molar-refractivity contribution < 1.29 is 4.74 Å². The van der Waals surface area contributed by atoms with Gasteiger partial charge >= 0.3 is 0 Å². The average Bonchev–Trinajstić information content (AvgIpc) is 2.86. The SMILES string of the molecule is N=C(c1ccc(OC2CCCCCC2)cc1)c1cc(N)ccc1N. The highest BCUT2D eigenvalue weighted by molar-refractivity contribution is 6.14. The largest absolute Gasteiger partial charge is 0.490 e. The quantitative estimate of drug-likeness (QED) is 0.444. The third-order valence-corrected chi connectivity index (χ3v) is 4.59. The van der Waals surface area contributed by atoms with Crippen LogP contribution in [0.15, 0.2) is 42.5 Å². The third kappa shape index (κ3) is 3.88. The molecular formula is C20H25N3O. The van der Waals surface area contributed by atoms with Crippen LogP contribution in [0.3, 0.4) is 0 Å². The Morgan fingerprint density at radius 2 is 1.58 bits per heavy atom. The van der Waals surface area contributed by atoms with Gasteiger partial charge in [-0.25, -0.2) is 0 Å². The lowest BCUT2D eigenvalue weighted by molar-refractivity contribution is 0.184. The summed E-state index contributed by atoms with van der Waals surface area (Å²) in [6, 6.07) is 12.9. The summed E-state index contributed by atoms with van der Waals surface area (Å²) in [5.41, 5.74) is 14.8. The van der Waals surface area contributed by atoms with Gasteiger partial charge in [0, 0.05) is 22.5 Å². The molecule has 0 saturated heterocycles. The van der Waals surface area contributed by atoms with Crippen molar-refractivity contribution in [3.8, 4) is 5.75 Å². The molecule has 0 unspecified atom stereocenters. The normalized spacial score (nSPS) is 15.7. The molecule has 1 aliphatic rings. The van der Waals surface area contributed by atoms with Crippen molar-refractivity contribution in [1.82, 2.24) is 0 Å². The second-order valence-corrected chi connectivity index (χ2v) is 6.48. The fourth-order valence-corrected chi connectivity index (χ4v) is 3.20.